The van der Waals surface area contributed by atoms with E-state index in [0.717, 1.165) is 26.4 Å². The van der Waals surface area contributed by atoms with Gasteiger partial charge in [-0.3, -0.25) is 0 Å². The van der Waals surface area contributed by atoms with E-state index in [1.54, 1.807) is 6.26 Å². The molecular weight excluding hydrogens is 370 g/mol. The Balaban J connectivity index is 1.33. The van der Waals surface area contributed by atoms with Gasteiger partial charge in [0.05, 0.1) is 18.6 Å². The molecule has 7 nitrogen and oxygen atoms in total. The zero-order valence-corrected chi connectivity index (χ0v) is 15.5. The molecule has 1 N–H and O–H groups in total. The molecule has 0 aliphatic carbocycles. The van der Waals surface area contributed by atoms with Crippen LogP contribution in [-0.2, 0) is 12.3 Å². The fraction of sp³-hybridized carbons (Fsp3) is 0.176. The van der Waals surface area contributed by atoms with Crippen molar-refractivity contribution in [2.45, 2.75) is 23.6 Å². The molecule has 0 unspecified atom stereocenters. The lowest BCUT2D eigenvalue weighted by Gasteiger charge is -1.96. The number of hydrogen-bond donors (Lipinski definition) is 1. The molecule has 0 radical (unpaired) electrons. The number of nitrogens with zero attached hydrogens (tertiary/aromatic N) is 4. The molecule has 0 atom stereocenters. The van der Waals surface area contributed by atoms with Crippen LogP contribution in [0.4, 0.5) is 5.13 Å². The maximum Gasteiger partial charge on any atom is 0.257 e. The van der Waals surface area contributed by atoms with E-state index in [-0.39, 0.29) is 0 Å². The SMILES string of the molecule is Cc1cccc(-c2nc(CSc3nnc(NCc4ccco4)s3)no2)c1. The average molecular weight is 385 g/mol. The van der Waals surface area contributed by atoms with Gasteiger partial charge in [-0.25, -0.2) is 0 Å². The van der Waals surface area contributed by atoms with E-state index in [4.69, 9.17) is 8.94 Å². The minimum atomic E-state index is 0.530. The van der Waals surface area contributed by atoms with Crippen LogP contribution in [0.5, 0.6) is 0 Å². The van der Waals surface area contributed by atoms with Crippen LogP contribution < -0.4 is 5.32 Å². The molecule has 4 rings (SSSR count). The van der Waals surface area contributed by atoms with E-state index in [1.807, 2.05) is 43.3 Å². The second kappa shape index (κ2) is 7.71. The minimum absolute atomic E-state index is 0.530. The van der Waals surface area contributed by atoms with Gasteiger partial charge in [-0.15, -0.1) is 10.2 Å². The average Bonchev–Trinajstić information content (AvgIpc) is 3.39. The highest BCUT2D eigenvalue weighted by molar-refractivity contribution is 8.00. The van der Waals surface area contributed by atoms with Crippen LogP contribution in [0.25, 0.3) is 11.5 Å². The molecule has 0 spiro atoms. The van der Waals surface area contributed by atoms with Gasteiger partial charge in [-0.2, -0.15) is 4.98 Å². The predicted octanol–water partition coefficient (Wildman–Crippen LogP) is 4.39. The number of anilines is 1. The summed E-state index contributed by atoms with van der Waals surface area (Å²) in [7, 11) is 0. The molecule has 9 heteroatoms. The van der Waals surface area contributed by atoms with Crippen LogP contribution in [0.1, 0.15) is 17.1 Å². The second-order valence-electron chi connectivity index (χ2n) is 5.48. The van der Waals surface area contributed by atoms with E-state index in [9.17, 15) is 0 Å². The van der Waals surface area contributed by atoms with Gasteiger partial charge in [-0.05, 0) is 31.2 Å². The number of benzene rings is 1. The first-order valence-corrected chi connectivity index (χ1v) is 9.69. The quantitative estimate of drug-likeness (QED) is 0.468. The third-order valence-corrected chi connectivity index (χ3v) is 5.47. The van der Waals surface area contributed by atoms with Crippen molar-refractivity contribution in [1.82, 2.24) is 20.3 Å². The Morgan fingerprint density at radius 2 is 2.15 bits per heavy atom. The third kappa shape index (κ3) is 4.12. The Morgan fingerprint density at radius 1 is 1.19 bits per heavy atom. The smallest absolute Gasteiger partial charge is 0.257 e. The standard InChI is InChI=1S/C17H15N5O2S2/c1-11-4-2-5-12(8-11)15-19-14(22-24-15)10-25-17-21-20-16(26-17)18-9-13-6-3-7-23-13/h2-8H,9-10H2,1H3,(H,18,20). The zero-order valence-electron chi connectivity index (χ0n) is 13.9. The van der Waals surface area contributed by atoms with Crippen LogP contribution in [-0.4, -0.2) is 20.3 Å². The maximum absolute atomic E-state index is 5.35. The second-order valence-corrected chi connectivity index (χ2v) is 7.68. The lowest BCUT2D eigenvalue weighted by molar-refractivity contribution is 0.425. The van der Waals surface area contributed by atoms with Crippen molar-refractivity contribution < 1.29 is 8.94 Å². The molecule has 1 aromatic carbocycles. The van der Waals surface area contributed by atoms with Crippen molar-refractivity contribution in [1.29, 1.82) is 0 Å². The largest absolute Gasteiger partial charge is 0.467 e. The highest BCUT2D eigenvalue weighted by atomic mass is 32.2. The first-order valence-electron chi connectivity index (χ1n) is 7.88. The van der Waals surface area contributed by atoms with Gasteiger partial charge >= 0.3 is 0 Å². The lowest BCUT2D eigenvalue weighted by atomic mass is 10.1. The monoisotopic (exact) mass is 385 g/mol. The Labute approximate surface area is 157 Å². The Morgan fingerprint density at radius 3 is 3.00 bits per heavy atom. The molecular formula is C17H15N5O2S2. The van der Waals surface area contributed by atoms with Gasteiger partial charge < -0.3 is 14.3 Å². The summed E-state index contributed by atoms with van der Waals surface area (Å²) in [6.07, 6.45) is 1.65. The van der Waals surface area contributed by atoms with Gasteiger partial charge in [-0.1, -0.05) is 46.0 Å². The van der Waals surface area contributed by atoms with Crippen molar-refractivity contribution >= 4 is 28.2 Å². The van der Waals surface area contributed by atoms with Gasteiger partial charge in [0.2, 0.25) is 5.13 Å². The number of nitrogens with one attached hydrogen (secondary N) is 1. The normalized spacial score (nSPS) is 11.0. The molecule has 3 heterocycles. The molecule has 0 saturated carbocycles. The summed E-state index contributed by atoms with van der Waals surface area (Å²) < 4.78 is 11.5. The van der Waals surface area contributed by atoms with E-state index in [2.05, 4.69) is 25.7 Å². The van der Waals surface area contributed by atoms with Gasteiger partial charge in [0.15, 0.2) is 10.2 Å². The van der Waals surface area contributed by atoms with Crippen molar-refractivity contribution in [3.8, 4) is 11.5 Å². The molecule has 0 bridgehead atoms. The summed E-state index contributed by atoms with van der Waals surface area (Å²) in [5.74, 6) is 2.58. The number of aryl methyl sites for hydroxylation is 1. The summed E-state index contributed by atoms with van der Waals surface area (Å²) in [4.78, 5) is 4.44. The maximum atomic E-state index is 5.35. The first-order chi connectivity index (χ1) is 12.8. The highest BCUT2D eigenvalue weighted by Crippen LogP contribution is 2.28. The highest BCUT2D eigenvalue weighted by Gasteiger charge is 2.11. The summed E-state index contributed by atoms with van der Waals surface area (Å²) >= 11 is 3.01. The lowest BCUT2D eigenvalue weighted by Crippen LogP contribution is -1.96. The van der Waals surface area contributed by atoms with Crippen LogP contribution in [0.15, 0.2) is 55.9 Å². The van der Waals surface area contributed by atoms with Gasteiger partial charge in [0.1, 0.15) is 5.76 Å². The molecule has 26 heavy (non-hydrogen) atoms. The van der Waals surface area contributed by atoms with Crippen LogP contribution in [0.3, 0.4) is 0 Å². The van der Waals surface area contributed by atoms with Gasteiger partial charge in [0.25, 0.3) is 5.89 Å². The van der Waals surface area contributed by atoms with Crippen molar-refractivity contribution in [3.05, 3.63) is 59.8 Å². The van der Waals surface area contributed by atoms with Gasteiger partial charge in [0, 0.05) is 5.56 Å². The summed E-state index contributed by atoms with van der Waals surface area (Å²) in [6, 6.07) is 11.7. The summed E-state index contributed by atoms with van der Waals surface area (Å²) in [6.45, 7) is 2.61. The van der Waals surface area contributed by atoms with E-state index < -0.39 is 0 Å². The molecule has 0 fully saturated rings. The molecule has 0 amide bonds. The Kier molecular flexibility index (Phi) is 4.98. The number of hydrogen-bond acceptors (Lipinski definition) is 9. The van der Waals surface area contributed by atoms with Crippen LogP contribution in [0.2, 0.25) is 0 Å². The summed E-state index contributed by atoms with van der Waals surface area (Å²) in [5.41, 5.74) is 2.08. The Hall–Kier alpha value is -2.65. The predicted molar refractivity (Wildman–Crippen MR) is 100.0 cm³/mol. The first kappa shape index (κ1) is 16.8. The Bertz CT molecular complexity index is 981. The number of aromatic nitrogens is 4. The van der Waals surface area contributed by atoms with E-state index in [1.165, 1.54) is 23.1 Å². The number of rotatable bonds is 7. The van der Waals surface area contributed by atoms with E-state index >= 15 is 0 Å². The zero-order chi connectivity index (χ0) is 17.8. The van der Waals surface area contributed by atoms with Crippen LogP contribution in [0, 0.1) is 6.92 Å². The fourth-order valence-electron chi connectivity index (χ4n) is 2.25. The number of furan rings is 1. The molecule has 4 aromatic rings. The molecule has 0 aliphatic rings. The molecule has 0 aliphatic heterocycles. The topological polar surface area (TPSA) is 89.9 Å². The van der Waals surface area contributed by atoms with Crippen molar-refractivity contribution in [2.24, 2.45) is 0 Å². The van der Waals surface area contributed by atoms with Crippen molar-refractivity contribution in [3.63, 3.8) is 0 Å². The van der Waals surface area contributed by atoms with Crippen LogP contribution >= 0.6 is 23.1 Å². The fourth-order valence-corrected chi connectivity index (χ4v) is 3.84. The molecule has 0 saturated heterocycles. The molecule has 132 valence electrons. The van der Waals surface area contributed by atoms with Crippen molar-refractivity contribution in [2.75, 3.05) is 5.32 Å². The number of thioether (sulfide) groups is 1. The summed E-state index contributed by atoms with van der Waals surface area (Å²) in [5, 5.41) is 16.2. The molecule has 3 aromatic heterocycles. The third-order valence-electron chi connectivity index (χ3n) is 3.46. The minimum Gasteiger partial charge on any atom is -0.467 e. The van der Waals surface area contributed by atoms with E-state index in [0.29, 0.717) is 24.0 Å².